The molecule has 2 aromatic carbocycles. The van der Waals surface area contributed by atoms with Crippen molar-refractivity contribution in [2.24, 2.45) is 0 Å². The van der Waals surface area contributed by atoms with E-state index in [4.69, 9.17) is 0 Å². The zero-order chi connectivity index (χ0) is 15.4. The first kappa shape index (κ1) is 15.2. The normalized spacial score (nSPS) is 16.9. The van der Waals surface area contributed by atoms with Crippen molar-refractivity contribution < 1.29 is 4.79 Å². The van der Waals surface area contributed by atoms with Gasteiger partial charge in [0.1, 0.15) is 0 Å². The number of amides is 1. The topological polar surface area (TPSA) is 29.1 Å². The number of fused-ring (bicyclic) bond motifs is 1. The number of carbonyl (C=O) groups is 1. The second kappa shape index (κ2) is 7.01. The van der Waals surface area contributed by atoms with E-state index in [1.165, 1.54) is 33.8 Å². The molecular formula is C19H21NOS. The summed E-state index contributed by atoms with van der Waals surface area (Å²) in [5.41, 5.74) is 2.86. The average molecular weight is 311 g/mol. The van der Waals surface area contributed by atoms with Gasteiger partial charge in [-0.05, 0) is 54.7 Å². The number of hydrogen-bond donors (Lipinski definition) is 1. The van der Waals surface area contributed by atoms with Gasteiger partial charge in [-0.3, -0.25) is 4.79 Å². The number of carbonyl (C=O) groups excluding carboxylic acids is 1. The molecule has 0 fully saturated rings. The third-order valence-corrected chi connectivity index (χ3v) is 5.13. The summed E-state index contributed by atoms with van der Waals surface area (Å²) in [5, 5.41) is 2.97. The monoisotopic (exact) mass is 311 g/mol. The smallest absolute Gasteiger partial charge is 0.216 e. The summed E-state index contributed by atoms with van der Waals surface area (Å²) >= 11 is 1.81. The van der Waals surface area contributed by atoms with Gasteiger partial charge in [0.15, 0.2) is 0 Å². The molecule has 1 N–H and O–H groups in total. The molecule has 3 rings (SSSR count). The Labute approximate surface area is 136 Å². The zero-order valence-electron chi connectivity index (χ0n) is 12.8. The average Bonchev–Trinajstić information content (AvgIpc) is 2.53. The van der Waals surface area contributed by atoms with Gasteiger partial charge in [0.05, 0.1) is 0 Å². The summed E-state index contributed by atoms with van der Waals surface area (Å²) in [6, 6.07) is 17.3. The Morgan fingerprint density at radius 3 is 2.77 bits per heavy atom. The van der Waals surface area contributed by atoms with Gasteiger partial charge in [-0.2, -0.15) is 0 Å². The first-order valence-corrected chi connectivity index (χ1v) is 8.64. The largest absolute Gasteiger partial charge is 0.356 e. The highest BCUT2D eigenvalue weighted by Crippen LogP contribution is 2.35. The summed E-state index contributed by atoms with van der Waals surface area (Å²) in [5.74, 6) is 0.520. The number of hydrogen-bond acceptors (Lipinski definition) is 2. The summed E-state index contributed by atoms with van der Waals surface area (Å²) < 4.78 is 0. The van der Waals surface area contributed by atoms with Crippen LogP contribution in [0.15, 0.2) is 58.3 Å². The molecule has 0 heterocycles. The van der Waals surface area contributed by atoms with Crippen LogP contribution in [0.1, 0.15) is 36.8 Å². The maximum absolute atomic E-state index is 11.1. The van der Waals surface area contributed by atoms with Crippen molar-refractivity contribution in [3.8, 4) is 0 Å². The molecule has 0 saturated carbocycles. The molecule has 0 unspecified atom stereocenters. The minimum Gasteiger partial charge on any atom is -0.356 e. The first-order chi connectivity index (χ1) is 10.7. The van der Waals surface area contributed by atoms with Crippen molar-refractivity contribution in [2.45, 2.75) is 41.9 Å². The van der Waals surface area contributed by atoms with Crippen LogP contribution in [0.5, 0.6) is 0 Å². The third kappa shape index (κ3) is 3.72. The van der Waals surface area contributed by atoms with E-state index in [2.05, 4.69) is 47.8 Å². The first-order valence-electron chi connectivity index (χ1n) is 7.82. The molecule has 1 aliphatic carbocycles. The molecule has 2 nitrogen and oxygen atoms in total. The molecule has 114 valence electrons. The lowest BCUT2D eigenvalue weighted by molar-refractivity contribution is -0.119. The van der Waals surface area contributed by atoms with Crippen LogP contribution in [0.25, 0.3) is 0 Å². The summed E-state index contributed by atoms with van der Waals surface area (Å²) in [4.78, 5) is 13.7. The van der Waals surface area contributed by atoms with Crippen LogP contribution in [-0.4, -0.2) is 12.5 Å². The Kier molecular flexibility index (Phi) is 4.84. The van der Waals surface area contributed by atoms with E-state index < -0.39 is 0 Å². The fraction of sp³-hybridized carbons (Fsp3) is 0.316. The van der Waals surface area contributed by atoms with Gasteiger partial charge in [-0.1, -0.05) is 36.0 Å². The quantitative estimate of drug-likeness (QED) is 0.907. The minimum absolute atomic E-state index is 0.0587. The fourth-order valence-corrected chi connectivity index (χ4v) is 3.96. The van der Waals surface area contributed by atoms with Crippen molar-refractivity contribution in [3.63, 3.8) is 0 Å². The standard InChI is InChI=1S/C19H21NOS/c1-14(21)20-13-16-7-5-6-15-12-18(10-11-19(15)16)22-17-8-3-2-4-9-17/h2-4,8-12,16H,5-7,13H2,1H3,(H,20,21)/t16-/m0/s1. The molecule has 0 saturated heterocycles. The van der Waals surface area contributed by atoms with Crippen LogP contribution in [0.2, 0.25) is 0 Å². The number of benzene rings is 2. The van der Waals surface area contributed by atoms with E-state index in [0.717, 1.165) is 13.0 Å². The van der Waals surface area contributed by atoms with E-state index in [-0.39, 0.29) is 5.91 Å². The van der Waals surface area contributed by atoms with Gasteiger partial charge >= 0.3 is 0 Å². The van der Waals surface area contributed by atoms with Gasteiger partial charge in [0.25, 0.3) is 0 Å². The van der Waals surface area contributed by atoms with Gasteiger partial charge in [0, 0.05) is 29.2 Å². The molecule has 2 aromatic rings. The highest BCUT2D eigenvalue weighted by molar-refractivity contribution is 7.99. The molecule has 1 aliphatic rings. The van der Waals surface area contributed by atoms with Crippen LogP contribution >= 0.6 is 11.8 Å². The Bertz CT molecular complexity index is 654. The van der Waals surface area contributed by atoms with Crippen molar-refractivity contribution in [1.29, 1.82) is 0 Å². The lowest BCUT2D eigenvalue weighted by Crippen LogP contribution is -2.27. The SMILES string of the molecule is CC(=O)NC[C@@H]1CCCc2cc(Sc3ccccc3)ccc21. The van der Waals surface area contributed by atoms with E-state index in [1.807, 2.05) is 17.8 Å². The predicted molar refractivity (Wildman–Crippen MR) is 91.4 cm³/mol. The van der Waals surface area contributed by atoms with Crippen LogP contribution in [0, 0.1) is 0 Å². The summed E-state index contributed by atoms with van der Waals surface area (Å²) in [6.45, 7) is 2.34. The van der Waals surface area contributed by atoms with E-state index >= 15 is 0 Å². The maximum Gasteiger partial charge on any atom is 0.216 e. The molecule has 3 heteroatoms. The van der Waals surface area contributed by atoms with Gasteiger partial charge < -0.3 is 5.32 Å². The Morgan fingerprint density at radius 1 is 1.18 bits per heavy atom. The van der Waals surface area contributed by atoms with Gasteiger partial charge in [0.2, 0.25) is 5.91 Å². The summed E-state index contributed by atoms with van der Waals surface area (Å²) in [7, 11) is 0. The second-order valence-corrected chi connectivity index (χ2v) is 6.95. The van der Waals surface area contributed by atoms with Crippen molar-refractivity contribution in [2.75, 3.05) is 6.54 Å². The van der Waals surface area contributed by atoms with Crippen LogP contribution < -0.4 is 5.32 Å². The van der Waals surface area contributed by atoms with E-state index in [0.29, 0.717) is 5.92 Å². The molecule has 0 aromatic heterocycles. The number of aryl methyl sites for hydroxylation is 1. The Balaban J connectivity index is 1.76. The fourth-order valence-electron chi connectivity index (χ4n) is 3.06. The molecule has 1 amide bonds. The highest BCUT2D eigenvalue weighted by Gasteiger charge is 2.20. The van der Waals surface area contributed by atoms with Crippen LogP contribution in [0.4, 0.5) is 0 Å². The van der Waals surface area contributed by atoms with Gasteiger partial charge in [-0.25, -0.2) is 0 Å². The molecule has 1 atom stereocenters. The molecular weight excluding hydrogens is 290 g/mol. The van der Waals surface area contributed by atoms with Crippen LogP contribution in [0.3, 0.4) is 0 Å². The number of rotatable bonds is 4. The molecule has 0 radical (unpaired) electrons. The van der Waals surface area contributed by atoms with Crippen LogP contribution in [-0.2, 0) is 11.2 Å². The molecule has 0 aliphatic heterocycles. The highest BCUT2D eigenvalue weighted by atomic mass is 32.2. The second-order valence-electron chi connectivity index (χ2n) is 5.80. The van der Waals surface area contributed by atoms with E-state index in [1.54, 1.807) is 6.92 Å². The Morgan fingerprint density at radius 2 is 2.00 bits per heavy atom. The summed E-state index contributed by atoms with van der Waals surface area (Å²) in [6.07, 6.45) is 3.52. The minimum atomic E-state index is 0.0587. The third-order valence-electron chi connectivity index (χ3n) is 4.13. The van der Waals surface area contributed by atoms with Crippen molar-refractivity contribution >= 4 is 17.7 Å². The molecule has 0 spiro atoms. The number of nitrogens with one attached hydrogen (secondary N) is 1. The maximum atomic E-state index is 11.1. The van der Waals surface area contributed by atoms with Crippen molar-refractivity contribution in [1.82, 2.24) is 5.32 Å². The lowest BCUT2D eigenvalue weighted by Gasteiger charge is -2.26. The predicted octanol–water partition coefficient (Wildman–Crippen LogP) is 4.39. The lowest BCUT2D eigenvalue weighted by atomic mass is 9.83. The zero-order valence-corrected chi connectivity index (χ0v) is 13.7. The molecule has 22 heavy (non-hydrogen) atoms. The Hall–Kier alpha value is -1.74. The van der Waals surface area contributed by atoms with Gasteiger partial charge in [-0.15, -0.1) is 0 Å². The molecule has 0 bridgehead atoms. The van der Waals surface area contributed by atoms with E-state index in [9.17, 15) is 4.79 Å². The van der Waals surface area contributed by atoms with Crippen molar-refractivity contribution in [3.05, 3.63) is 59.7 Å².